The van der Waals surface area contributed by atoms with Crippen LogP contribution in [0.1, 0.15) is 16.1 Å². The molecule has 3 aromatic rings. The predicted octanol–water partition coefficient (Wildman–Crippen LogP) is 3.97. The maximum Gasteiger partial charge on any atom is 0.291 e. The molecule has 0 aliphatic heterocycles. The van der Waals surface area contributed by atoms with E-state index < -0.39 is 11.7 Å². The maximum absolute atomic E-state index is 13.2. The lowest BCUT2D eigenvalue weighted by atomic mass is 10.1. The zero-order valence-corrected chi connectivity index (χ0v) is 11.9. The number of para-hydroxylation sites is 1. The summed E-state index contributed by atoms with van der Waals surface area (Å²) in [5.74, 6) is -0.680. The van der Waals surface area contributed by atoms with Gasteiger partial charge in [-0.2, -0.15) is 0 Å². The number of hydrogen-bond acceptors (Lipinski definition) is 3. The van der Waals surface area contributed by atoms with Crippen LogP contribution < -0.4 is 5.32 Å². The third kappa shape index (κ3) is 2.71. The van der Waals surface area contributed by atoms with Crippen LogP contribution in [0.25, 0.3) is 11.0 Å². The van der Waals surface area contributed by atoms with Crippen molar-refractivity contribution >= 4 is 22.6 Å². The van der Waals surface area contributed by atoms with Crippen LogP contribution in [0.15, 0.2) is 52.9 Å². The Hall–Kier alpha value is -2.66. The van der Waals surface area contributed by atoms with Gasteiger partial charge in [0.2, 0.25) is 0 Å². The van der Waals surface area contributed by atoms with Crippen molar-refractivity contribution in [2.24, 2.45) is 0 Å². The highest BCUT2D eigenvalue weighted by atomic mass is 19.1. The second-order valence-electron chi connectivity index (χ2n) is 4.80. The van der Waals surface area contributed by atoms with Crippen LogP contribution in [0.4, 0.5) is 10.1 Å². The third-order valence-corrected chi connectivity index (χ3v) is 3.28. The number of carbonyl (C=O) groups excluding carboxylic acids is 1. The molecule has 1 aromatic heterocycles. The summed E-state index contributed by atoms with van der Waals surface area (Å²) in [5.41, 5.74) is 1.65. The van der Waals surface area contributed by atoms with Gasteiger partial charge in [-0.3, -0.25) is 4.79 Å². The first kappa shape index (κ1) is 14.3. The van der Waals surface area contributed by atoms with E-state index >= 15 is 0 Å². The summed E-state index contributed by atoms with van der Waals surface area (Å²) in [5, 5.41) is 3.46. The van der Waals surface area contributed by atoms with E-state index in [1.165, 1.54) is 18.2 Å². The van der Waals surface area contributed by atoms with Gasteiger partial charge in [-0.05, 0) is 24.3 Å². The van der Waals surface area contributed by atoms with E-state index in [9.17, 15) is 9.18 Å². The van der Waals surface area contributed by atoms with Gasteiger partial charge in [0.15, 0.2) is 5.76 Å². The van der Waals surface area contributed by atoms with Crippen LogP contribution in [0.5, 0.6) is 0 Å². The number of amides is 1. The second-order valence-corrected chi connectivity index (χ2v) is 4.80. The Kier molecular flexibility index (Phi) is 3.89. The number of methoxy groups -OCH3 is 1. The molecule has 0 fully saturated rings. The van der Waals surface area contributed by atoms with Crippen LogP contribution in [0, 0.1) is 5.82 Å². The first-order valence-corrected chi connectivity index (χ1v) is 6.75. The van der Waals surface area contributed by atoms with Crippen molar-refractivity contribution in [3.63, 3.8) is 0 Å². The fourth-order valence-electron chi connectivity index (χ4n) is 2.32. The van der Waals surface area contributed by atoms with Crippen LogP contribution in [-0.2, 0) is 11.3 Å². The van der Waals surface area contributed by atoms with Crippen molar-refractivity contribution < 1.29 is 18.3 Å². The lowest BCUT2D eigenvalue weighted by Crippen LogP contribution is -2.13. The molecular formula is C17H14FNO3. The molecule has 0 radical (unpaired) electrons. The van der Waals surface area contributed by atoms with Gasteiger partial charge in [0, 0.05) is 23.7 Å². The molecule has 0 bridgehead atoms. The number of rotatable bonds is 4. The smallest absolute Gasteiger partial charge is 0.291 e. The van der Waals surface area contributed by atoms with E-state index in [0.717, 1.165) is 5.39 Å². The molecule has 0 spiro atoms. The predicted molar refractivity (Wildman–Crippen MR) is 81.3 cm³/mol. The number of carbonyl (C=O) groups is 1. The molecule has 1 heterocycles. The average Bonchev–Trinajstić information content (AvgIpc) is 2.87. The number of halogens is 1. The van der Waals surface area contributed by atoms with Crippen LogP contribution in [0.3, 0.4) is 0 Å². The summed E-state index contributed by atoms with van der Waals surface area (Å²) in [4.78, 5) is 12.4. The fourth-order valence-corrected chi connectivity index (χ4v) is 2.32. The topological polar surface area (TPSA) is 51.5 Å². The van der Waals surface area contributed by atoms with Gasteiger partial charge in [0.25, 0.3) is 5.91 Å². The van der Waals surface area contributed by atoms with Gasteiger partial charge in [0.05, 0.1) is 6.61 Å². The van der Waals surface area contributed by atoms with Crippen molar-refractivity contribution in [2.75, 3.05) is 12.4 Å². The number of furan rings is 1. The SMILES string of the molecule is COCc1c(C(=O)Nc2cccc(F)c2)oc2ccccc12. The Morgan fingerprint density at radius 3 is 2.82 bits per heavy atom. The molecule has 2 aromatic carbocycles. The summed E-state index contributed by atoms with van der Waals surface area (Å²) < 4.78 is 24.0. The van der Waals surface area contributed by atoms with E-state index in [-0.39, 0.29) is 12.4 Å². The molecule has 0 atom stereocenters. The second kappa shape index (κ2) is 5.99. The average molecular weight is 299 g/mol. The zero-order chi connectivity index (χ0) is 15.5. The van der Waals surface area contributed by atoms with Gasteiger partial charge in [-0.15, -0.1) is 0 Å². The molecule has 0 unspecified atom stereocenters. The number of hydrogen-bond donors (Lipinski definition) is 1. The summed E-state index contributed by atoms with van der Waals surface area (Å²) in [7, 11) is 1.55. The Balaban J connectivity index is 1.98. The summed E-state index contributed by atoms with van der Waals surface area (Å²) >= 11 is 0. The van der Waals surface area contributed by atoms with Gasteiger partial charge < -0.3 is 14.5 Å². The molecule has 0 saturated heterocycles. The van der Waals surface area contributed by atoms with Crippen LogP contribution in [-0.4, -0.2) is 13.0 Å². The van der Waals surface area contributed by atoms with Gasteiger partial charge in [0.1, 0.15) is 11.4 Å². The van der Waals surface area contributed by atoms with Crippen molar-refractivity contribution in [1.82, 2.24) is 0 Å². The van der Waals surface area contributed by atoms with Crippen molar-refractivity contribution in [3.8, 4) is 0 Å². The normalized spacial score (nSPS) is 10.8. The van der Waals surface area contributed by atoms with E-state index in [1.54, 1.807) is 19.2 Å². The number of anilines is 1. The summed E-state index contributed by atoms with van der Waals surface area (Å²) in [6.45, 7) is 0.253. The Bertz CT molecular complexity index is 826. The molecule has 5 heteroatoms. The minimum Gasteiger partial charge on any atom is -0.451 e. The number of fused-ring (bicyclic) bond motifs is 1. The highest BCUT2D eigenvalue weighted by molar-refractivity contribution is 6.06. The minimum atomic E-state index is -0.436. The highest BCUT2D eigenvalue weighted by Crippen LogP contribution is 2.27. The molecule has 1 amide bonds. The van der Waals surface area contributed by atoms with Crippen molar-refractivity contribution in [3.05, 3.63) is 65.7 Å². The summed E-state index contributed by atoms with van der Waals surface area (Å²) in [6.07, 6.45) is 0. The van der Waals surface area contributed by atoms with Crippen molar-refractivity contribution in [2.45, 2.75) is 6.61 Å². The molecule has 1 N–H and O–H groups in total. The number of benzene rings is 2. The van der Waals surface area contributed by atoms with E-state index in [0.29, 0.717) is 16.8 Å². The highest BCUT2D eigenvalue weighted by Gasteiger charge is 2.20. The minimum absolute atomic E-state index is 0.173. The standard InChI is InChI=1S/C17H14FNO3/c1-21-10-14-13-7-2-3-8-15(13)22-16(14)17(20)19-12-6-4-5-11(18)9-12/h2-9H,10H2,1H3,(H,19,20). The Labute approximate surface area is 126 Å². The summed E-state index contributed by atoms with van der Waals surface area (Å²) in [6, 6.07) is 13.0. The zero-order valence-electron chi connectivity index (χ0n) is 11.9. The Morgan fingerprint density at radius 1 is 1.23 bits per heavy atom. The molecule has 0 aliphatic carbocycles. The third-order valence-electron chi connectivity index (χ3n) is 3.28. The molecule has 4 nitrogen and oxygen atoms in total. The Morgan fingerprint density at radius 2 is 2.05 bits per heavy atom. The number of ether oxygens (including phenoxy) is 1. The first-order chi connectivity index (χ1) is 10.7. The van der Waals surface area contributed by atoms with E-state index in [4.69, 9.17) is 9.15 Å². The molecule has 112 valence electrons. The molecular weight excluding hydrogens is 285 g/mol. The van der Waals surface area contributed by atoms with Gasteiger partial charge in [-0.1, -0.05) is 24.3 Å². The molecule has 0 aliphatic rings. The molecule has 22 heavy (non-hydrogen) atoms. The fraction of sp³-hybridized carbons (Fsp3) is 0.118. The quantitative estimate of drug-likeness (QED) is 0.793. The lowest BCUT2D eigenvalue weighted by Gasteiger charge is -2.05. The largest absolute Gasteiger partial charge is 0.451 e. The lowest BCUT2D eigenvalue weighted by molar-refractivity contribution is 0.0992. The molecule has 0 saturated carbocycles. The van der Waals surface area contributed by atoms with E-state index in [2.05, 4.69) is 5.32 Å². The monoisotopic (exact) mass is 299 g/mol. The number of nitrogens with one attached hydrogen (secondary N) is 1. The van der Waals surface area contributed by atoms with E-state index in [1.807, 2.05) is 18.2 Å². The van der Waals surface area contributed by atoms with Crippen molar-refractivity contribution in [1.29, 1.82) is 0 Å². The van der Waals surface area contributed by atoms with Gasteiger partial charge in [-0.25, -0.2) is 4.39 Å². The van der Waals surface area contributed by atoms with Crippen LogP contribution >= 0.6 is 0 Å². The van der Waals surface area contributed by atoms with Crippen LogP contribution in [0.2, 0.25) is 0 Å². The molecule has 3 rings (SSSR count). The first-order valence-electron chi connectivity index (χ1n) is 6.75. The van der Waals surface area contributed by atoms with Gasteiger partial charge >= 0.3 is 0 Å². The maximum atomic E-state index is 13.2.